The van der Waals surface area contributed by atoms with E-state index in [0.717, 1.165) is 34.9 Å². The zero-order chi connectivity index (χ0) is 14.0. The van der Waals surface area contributed by atoms with E-state index in [1.54, 1.807) is 0 Å². The van der Waals surface area contributed by atoms with Gasteiger partial charge in [0.2, 0.25) is 0 Å². The van der Waals surface area contributed by atoms with E-state index in [2.05, 4.69) is 12.0 Å². The monoisotopic (exact) mass is 259 g/mol. The summed E-state index contributed by atoms with van der Waals surface area (Å²) in [5, 5.41) is 4.34. The Morgan fingerprint density at radius 1 is 1.26 bits per heavy atom. The Hall–Kier alpha value is -1.81. The number of ether oxygens (including phenoxy) is 1. The van der Waals surface area contributed by atoms with Crippen LogP contribution >= 0.6 is 0 Å². The van der Waals surface area contributed by atoms with Crippen molar-refractivity contribution in [3.8, 4) is 11.5 Å². The fourth-order valence-corrected chi connectivity index (χ4v) is 2.04. The summed E-state index contributed by atoms with van der Waals surface area (Å²) in [6.45, 7) is 6.03. The third-order valence-corrected chi connectivity index (χ3v) is 3.41. The average Bonchev–Trinajstić information content (AvgIpc) is 2.65. The second-order valence-corrected chi connectivity index (χ2v) is 4.81. The van der Waals surface area contributed by atoms with Gasteiger partial charge in [0.05, 0.1) is 5.69 Å². The van der Waals surface area contributed by atoms with Crippen LogP contribution in [0.3, 0.4) is 0 Å². The van der Waals surface area contributed by atoms with Crippen molar-refractivity contribution < 1.29 is 4.74 Å². The van der Waals surface area contributed by atoms with E-state index in [9.17, 15) is 0 Å². The van der Waals surface area contributed by atoms with Crippen LogP contribution in [0.15, 0.2) is 24.3 Å². The van der Waals surface area contributed by atoms with Crippen molar-refractivity contribution in [2.75, 3.05) is 0 Å². The summed E-state index contributed by atoms with van der Waals surface area (Å²) < 4.78 is 7.73. The van der Waals surface area contributed by atoms with Gasteiger partial charge in [-0.3, -0.25) is 4.68 Å². The van der Waals surface area contributed by atoms with E-state index in [-0.39, 0.29) is 6.04 Å². The van der Waals surface area contributed by atoms with Gasteiger partial charge in [-0.1, -0.05) is 19.1 Å². The Kier molecular flexibility index (Phi) is 3.90. The zero-order valence-corrected chi connectivity index (χ0v) is 12.0. The first-order valence-electron chi connectivity index (χ1n) is 6.56. The molecule has 0 fully saturated rings. The number of rotatable bonds is 4. The van der Waals surface area contributed by atoms with Crippen molar-refractivity contribution in [2.24, 2.45) is 12.8 Å². The molecule has 4 nitrogen and oxygen atoms in total. The highest BCUT2D eigenvalue weighted by atomic mass is 16.5. The Bertz CT molecular complexity index is 558. The molecule has 0 saturated carbocycles. The molecule has 0 radical (unpaired) electrons. The van der Waals surface area contributed by atoms with E-state index < -0.39 is 0 Å². The van der Waals surface area contributed by atoms with Crippen molar-refractivity contribution in [3.05, 3.63) is 41.2 Å². The molecule has 1 aromatic carbocycles. The van der Waals surface area contributed by atoms with Crippen molar-refractivity contribution >= 4 is 0 Å². The van der Waals surface area contributed by atoms with Crippen LogP contribution in [0.5, 0.6) is 11.5 Å². The fraction of sp³-hybridized carbons (Fsp3) is 0.400. The standard InChI is InChI=1S/C15H21N3O/c1-5-14(16)12-6-8-13(9-7-12)19-15-10(2)17-18(4)11(15)3/h6-9,14H,5,16H2,1-4H3/t14-/m0/s1. The summed E-state index contributed by atoms with van der Waals surface area (Å²) in [5.74, 6) is 1.64. The van der Waals surface area contributed by atoms with Crippen molar-refractivity contribution in [2.45, 2.75) is 33.2 Å². The molecule has 1 aromatic heterocycles. The van der Waals surface area contributed by atoms with Crippen LogP contribution < -0.4 is 10.5 Å². The Balaban J connectivity index is 2.20. The number of hydrogen-bond acceptors (Lipinski definition) is 3. The van der Waals surface area contributed by atoms with Gasteiger partial charge >= 0.3 is 0 Å². The molecule has 0 aliphatic rings. The molecule has 19 heavy (non-hydrogen) atoms. The lowest BCUT2D eigenvalue weighted by Gasteiger charge is -2.10. The summed E-state index contributed by atoms with van der Waals surface area (Å²) in [6.07, 6.45) is 0.932. The van der Waals surface area contributed by atoms with E-state index in [4.69, 9.17) is 10.5 Å². The molecule has 0 saturated heterocycles. The quantitative estimate of drug-likeness (QED) is 0.917. The first-order chi connectivity index (χ1) is 9.02. The van der Waals surface area contributed by atoms with Gasteiger partial charge in [0, 0.05) is 13.1 Å². The second-order valence-electron chi connectivity index (χ2n) is 4.81. The van der Waals surface area contributed by atoms with Gasteiger partial charge in [0.15, 0.2) is 5.75 Å². The van der Waals surface area contributed by atoms with Crippen LogP contribution in [0.1, 0.15) is 36.3 Å². The fourth-order valence-electron chi connectivity index (χ4n) is 2.04. The molecule has 2 N–H and O–H groups in total. The third-order valence-electron chi connectivity index (χ3n) is 3.41. The lowest BCUT2D eigenvalue weighted by Crippen LogP contribution is -2.08. The lowest BCUT2D eigenvalue weighted by atomic mass is 10.1. The molecule has 0 aliphatic carbocycles. The average molecular weight is 259 g/mol. The number of aromatic nitrogens is 2. The number of benzene rings is 1. The van der Waals surface area contributed by atoms with Crippen LogP contribution in [0.2, 0.25) is 0 Å². The van der Waals surface area contributed by atoms with Crippen LogP contribution in [-0.4, -0.2) is 9.78 Å². The van der Waals surface area contributed by atoms with Crippen LogP contribution in [0.25, 0.3) is 0 Å². The summed E-state index contributed by atoms with van der Waals surface area (Å²) >= 11 is 0. The van der Waals surface area contributed by atoms with Gasteiger partial charge in [-0.25, -0.2) is 0 Å². The number of nitrogens with zero attached hydrogens (tertiary/aromatic N) is 2. The third kappa shape index (κ3) is 2.79. The molecular formula is C15H21N3O. The second kappa shape index (κ2) is 5.45. The van der Waals surface area contributed by atoms with E-state index >= 15 is 0 Å². The molecule has 1 heterocycles. The summed E-state index contributed by atoms with van der Waals surface area (Å²) in [7, 11) is 1.92. The maximum atomic E-state index is 5.99. The Labute approximate surface area is 114 Å². The maximum Gasteiger partial charge on any atom is 0.171 e. The predicted molar refractivity (Wildman–Crippen MR) is 76.4 cm³/mol. The SMILES string of the molecule is CC[C@H](N)c1ccc(Oc2c(C)nn(C)c2C)cc1. The van der Waals surface area contributed by atoms with Crippen molar-refractivity contribution in [1.82, 2.24) is 9.78 Å². The maximum absolute atomic E-state index is 5.99. The summed E-state index contributed by atoms with van der Waals surface area (Å²) in [4.78, 5) is 0. The zero-order valence-electron chi connectivity index (χ0n) is 12.0. The molecule has 102 valence electrons. The van der Waals surface area contributed by atoms with Gasteiger partial charge < -0.3 is 10.5 Å². The number of aryl methyl sites for hydroxylation is 2. The summed E-state index contributed by atoms with van der Waals surface area (Å²) in [6, 6.07) is 8.04. The minimum atomic E-state index is 0.0934. The Morgan fingerprint density at radius 2 is 1.89 bits per heavy atom. The lowest BCUT2D eigenvalue weighted by molar-refractivity contribution is 0.473. The molecule has 4 heteroatoms. The van der Waals surface area contributed by atoms with Crippen LogP contribution in [0, 0.1) is 13.8 Å². The molecule has 0 amide bonds. The van der Waals surface area contributed by atoms with E-state index in [1.165, 1.54) is 0 Å². The molecule has 0 unspecified atom stereocenters. The minimum Gasteiger partial charge on any atom is -0.453 e. The number of hydrogen-bond donors (Lipinski definition) is 1. The first kappa shape index (κ1) is 13.6. The Morgan fingerprint density at radius 3 is 2.37 bits per heavy atom. The molecule has 1 atom stereocenters. The van der Waals surface area contributed by atoms with Gasteiger partial charge in [0.1, 0.15) is 11.4 Å². The highest BCUT2D eigenvalue weighted by Gasteiger charge is 2.11. The molecule has 0 bridgehead atoms. The molecule has 0 aliphatic heterocycles. The van der Waals surface area contributed by atoms with Gasteiger partial charge in [-0.05, 0) is 38.0 Å². The molecule has 2 aromatic rings. The highest BCUT2D eigenvalue weighted by molar-refractivity contribution is 5.38. The van der Waals surface area contributed by atoms with Gasteiger partial charge in [-0.2, -0.15) is 5.10 Å². The topological polar surface area (TPSA) is 53.1 Å². The molecule has 2 rings (SSSR count). The smallest absolute Gasteiger partial charge is 0.171 e. The highest BCUT2D eigenvalue weighted by Crippen LogP contribution is 2.28. The van der Waals surface area contributed by atoms with Crippen molar-refractivity contribution in [3.63, 3.8) is 0 Å². The predicted octanol–water partition coefficient (Wildman–Crippen LogP) is 3.24. The van der Waals surface area contributed by atoms with Crippen molar-refractivity contribution in [1.29, 1.82) is 0 Å². The van der Waals surface area contributed by atoms with Gasteiger partial charge in [0.25, 0.3) is 0 Å². The first-order valence-corrected chi connectivity index (χ1v) is 6.56. The largest absolute Gasteiger partial charge is 0.453 e. The minimum absolute atomic E-state index is 0.0934. The molecular weight excluding hydrogens is 238 g/mol. The van der Waals surface area contributed by atoms with E-state index in [0.29, 0.717) is 0 Å². The number of nitrogens with two attached hydrogens (primary N) is 1. The summed E-state index contributed by atoms with van der Waals surface area (Å²) in [5.41, 5.74) is 9.05. The normalized spacial score (nSPS) is 12.5. The van der Waals surface area contributed by atoms with E-state index in [1.807, 2.05) is 49.8 Å². The van der Waals surface area contributed by atoms with Gasteiger partial charge in [-0.15, -0.1) is 0 Å². The molecule has 0 spiro atoms. The van der Waals surface area contributed by atoms with Crippen LogP contribution in [-0.2, 0) is 7.05 Å². The van der Waals surface area contributed by atoms with Crippen LogP contribution in [0.4, 0.5) is 0 Å².